The molecule has 0 saturated carbocycles. The lowest BCUT2D eigenvalue weighted by molar-refractivity contribution is -0.151. The van der Waals surface area contributed by atoms with Crippen LogP contribution in [0, 0.1) is 11.8 Å². The number of epoxide rings is 1. The van der Waals surface area contributed by atoms with E-state index in [0.717, 1.165) is 44.6 Å². The molecule has 3 N–H and O–H groups in total. The summed E-state index contributed by atoms with van der Waals surface area (Å²) >= 11 is 0. The molecule has 4 aliphatic rings. The van der Waals surface area contributed by atoms with Gasteiger partial charge in [0.25, 0.3) is 0 Å². The van der Waals surface area contributed by atoms with Gasteiger partial charge in [-0.1, -0.05) is 45.1 Å². The number of carbonyl (C=O) groups excluding carboxylic acids is 2. The minimum absolute atomic E-state index is 0.00442. The lowest BCUT2D eigenvalue weighted by atomic mass is 9.88. The summed E-state index contributed by atoms with van der Waals surface area (Å²) < 4.78 is 23.9. The maximum Gasteiger partial charge on any atom is 0.410 e. The van der Waals surface area contributed by atoms with E-state index in [1.54, 1.807) is 31.1 Å². The van der Waals surface area contributed by atoms with E-state index in [9.17, 15) is 24.9 Å². The van der Waals surface area contributed by atoms with Crippen molar-refractivity contribution in [2.24, 2.45) is 11.8 Å². The first-order valence-electron chi connectivity index (χ1n) is 19.5. The van der Waals surface area contributed by atoms with Crippen molar-refractivity contribution in [3.8, 4) is 0 Å². The highest BCUT2D eigenvalue weighted by atomic mass is 16.6. The van der Waals surface area contributed by atoms with Crippen LogP contribution in [0.4, 0.5) is 4.79 Å². The Kier molecular flexibility index (Phi) is 15.4. The van der Waals surface area contributed by atoms with E-state index in [1.807, 2.05) is 52.8 Å². The molecule has 1 amide bonds. The van der Waals surface area contributed by atoms with Crippen molar-refractivity contribution in [1.82, 2.24) is 14.7 Å². The van der Waals surface area contributed by atoms with Crippen molar-refractivity contribution in [2.75, 3.05) is 53.4 Å². The zero-order chi connectivity index (χ0) is 38.2. The third-order valence-corrected chi connectivity index (χ3v) is 11.8. The fourth-order valence-electron chi connectivity index (χ4n) is 7.82. The van der Waals surface area contributed by atoms with Gasteiger partial charge in [-0.3, -0.25) is 9.69 Å². The Hall–Kier alpha value is -2.32. The molecule has 4 aliphatic heterocycles. The zero-order valence-electron chi connectivity index (χ0n) is 32.9. The van der Waals surface area contributed by atoms with Gasteiger partial charge in [0.05, 0.1) is 36.4 Å². The number of piperazine rings is 1. The molecule has 10 unspecified atom stereocenters. The van der Waals surface area contributed by atoms with Crippen molar-refractivity contribution >= 4 is 12.1 Å². The first-order chi connectivity index (χ1) is 24.6. The third kappa shape index (κ3) is 11.8. The fourth-order valence-corrected chi connectivity index (χ4v) is 7.82. The highest BCUT2D eigenvalue weighted by molar-refractivity contribution is 5.70. The maximum absolute atomic E-state index is 13.6. The average Bonchev–Trinajstić information content (AvgIpc) is 3.88. The molecular weight excluding hydrogens is 666 g/mol. The smallest absolute Gasteiger partial charge is 0.410 e. The first kappa shape index (κ1) is 42.4. The lowest BCUT2D eigenvalue weighted by Gasteiger charge is -2.42. The molecule has 3 fully saturated rings. The largest absolute Gasteiger partial charge is 0.457 e. The number of nitrogens with zero attached hydrogens (tertiary/aromatic N) is 3. The number of allylic oxidation sites excluding steroid dienone is 2. The number of piperidine rings is 1. The summed E-state index contributed by atoms with van der Waals surface area (Å²) in [5.74, 6) is -0.836. The van der Waals surface area contributed by atoms with Crippen molar-refractivity contribution in [3.63, 3.8) is 0 Å². The average molecular weight is 734 g/mol. The number of hydrogen-bond donors (Lipinski definition) is 3. The number of rotatable bonds is 11. The van der Waals surface area contributed by atoms with E-state index in [4.69, 9.17) is 18.9 Å². The molecule has 52 heavy (non-hydrogen) atoms. The van der Waals surface area contributed by atoms with Gasteiger partial charge in [0.2, 0.25) is 0 Å². The predicted molar refractivity (Wildman–Crippen MR) is 200 cm³/mol. The molecule has 4 heterocycles. The second-order valence-corrected chi connectivity index (χ2v) is 16.2. The fraction of sp³-hybridized carbons (Fsp3) is 0.800. The van der Waals surface area contributed by atoms with Gasteiger partial charge in [0.15, 0.2) is 6.10 Å². The molecule has 0 aromatic heterocycles. The minimum Gasteiger partial charge on any atom is -0.457 e. The summed E-state index contributed by atoms with van der Waals surface area (Å²) in [6.07, 6.45) is 9.35. The molecule has 0 radical (unpaired) electrons. The van der Waals surface area contributed by atoms with Crippen molar-refractivity contribution in [2.45, 2.75) is 140 Å². The van der Waals surface area contributed by atoms with E-state index in [1.165, 1.54) is 0 Å². The molecule has 0 aliphatic carbocycles. The van der Waals surface area contributed by atoms with E-state index in [-0.39, 0.29) is 36.9 Å². The number of cyclic esters (lactones) is 1. The van der Waals surface area contributed by atoms with E-state index < -0.39 is 47.7 Å². The van der Waals surface area contributed by atoms with Gasteiger partial charge < -0.3 is 44.1 Å². The van der Waals surface area contributed by atoms with E-state index in [2.05, 4.69) is 16.8 Å². The number of aliphatic hydroxyl groups excluding tert-OH is 2. The zero-order valence-corrected chi connectivity index (χ0v) is 32.9. The molecule has 0 spiro atoms. The third-order valence-electron chi connectivity index (χ3n) is 11.8. The number of ether oxygens (including phenoxy) is 4. The van der Waals surface area contributed by atoms with Gasteiger partial charge in [-0.2, -0.15) is 0 Å². The van der Waals surface area contributed by atoms with Gasteiger partial charge in [0, 0.05) is 57.6 Å². The van der Waals surface area contributed by atoms with Crippen LogP contribution >= 0.6 is 0 Å². The van der Waals surface area contributed by atoms with Crippen LogP contribution in [0.1, 0.15) is 86.5 Å². The second kappa shape index (κ2) is 18.8. The Morgan fingerprint density at radius 2 is 1.83 bits per heavy atom. The van der Waals surface area contributed by atoms with Crippen molar-refractivity contribution < 1.29 is 43.9 Å². The highest BCUT2D eigenvalue weighted by Crippen LogP contribution is 2.38. The van der Waals surface area contributed by atoms with Gasteiger partial charge in [-0.05, 0) is 84.7 Å². The van der Waals surface area contributed by atoms with Crippen LogP contribution in [0.15, 0.2) is 36.0 Å². The molecular formula is C40H67N3O9. The van der Waals surface area contributed by atoms with Crippen LogP contribution in [0.5, 0.6) is 0 Å². The topological polar surface area (TPSA) is 145 Å². The molecule has 4 rings (SSSR count). The Morgan fingerprint density at radius 3 is 2.46 bits per heavy atom. The molecule has 0 aromatic carbocycles. The number of aliphatic hydroxyl groups is 3. The number of esters is 1. The van der Waals surface area contributed by atoms with Crippen LogP contribution in [-0.2, 0) is 23.7 Å². The molecule has 0 aromatic rings. The van der Waals surface area contributed by atoms with Crippen LogP contribution in [0.25, 0.3) is 0 Å². The number of hydrogen-bond acceptors (Lipinski definition) is 11. The second-order valence-electron chi connectivity index (χ2n) is 16.2. The highest BCUT2D eigenvalue weighted by Gasteiger charge is 2.47. The van der Waals surface area contributed by atoms with Crippen LogP contribution < -0.4 is 0 Å². The normalized spacial score (nSPS) is 34.6. The lowest BCUT2D eigenvalue weighted by Crippen LogP contribution is -2.55. The number of carbonyl (C=O) groups is 2. The van der Waals surface area contributed by atoms with Crippen LogP contribution in [0.2, 0.25) is 0 Å². The summed E-state index contributed by atoms with van der Waals surface area (Å²) in [5.41, 5.74) is -1.35. The quantitative estimate of drug-likeness (QED) is 0.122. The molecule has 12 nitrogen and oxygen atoms in total. The summed E-state index contributed by atoms with van der Waals surface area (Å²) in [5, 5.41) is 32.1. The maximum atomic E-state index is 13.6. The molecule has 296 valence electrons. The Balaban J connectivity index is 1.44. The van der Waals surface area contributed by atoms with Crippen molar-refractivity contribution in [3.05, 3.63) is 36.0 Å². The van der Waals surface area contributed by atoms with E-state index >= 15 is 0 Å². The summed E-state index contributed by atoms with van der Waals surface area (Å²) in [6.45, 7) is 16.3. The van der Waals surface area contributed by atoms with Crippen LogP contribution in [0.3, 0.4) is 0 Å². The standard InChI is InChI=1S/C40H67N3O9/c1-9-32(45)29(4)37-33(50-37)26-39(5,48)17-10-11-27(2)36-28(3)12-13-34(40(6,49-8)18-14-31(44)25-35(46)52-36)51-38(47)43-23-21-42(22-24-43)30-15-19-41(7)20-16-30/h10-13,17,28-34,36-37,44-45,48H,9,14-16,18-26H2,1-8H3. The van der Waals surface area contributed by atoms with Gasteiger partial charge >= 0.3 is 12.1 Å². The number of methoxy groups -OCH3 is 1. The number of amides is 1. The number of likely N-dealkylation sites (tertiary alicyclic amines) is 1. The van der Waals surface area contributed by atoms with Crippen molar-refractivity contribution in [1.29, 1.82) is 0 Å². The molecule has 10 atom stereocenters. The molecule has 12 heteroatoms. The van der Waals surface area contributed by atoms with Crippen LogP contribution in [-0.4, -0.2) is 149 Å². The Morgan fingerprint density at radius 1 is 1.15 bits per heavy atom. The monoisotopic (exact) mass is 733 g/mol. The Labute approximate surface area is 311 Å². The first-order valence-corrected chi connectivity index (χ1v) is 19.5. The predicted octanol–water partition coefficient (Wildman–Crippen LogP) is 4.08. The summed E-state index contributed by atoms with van der Waals surface area (Å²) in [4.78, 5) is 33.3. The van der Waals surface area contributed by atoms with E-state index in [0.29, 0.717) is 38.4 Å². The van der Waals surface area contributed by atoms with Gasteiger partial charge in [0.1, 0.15) is 11.7 Å². The summed E-state index contributed by atoms with van der Waals surface area (Å²) in [7, 11) is 3.74. The van der Waals surface area contributed by atoms with Gasteiger partial charge in [-0.25, -0.2) is 4.79 Å². The molecule has 0 bridgehead atoms. The van der Waals surface area contributed by atoms with Gasteiger partial charge in [-0.15, -0.1) is 0 Å². The molecule has 3 saturated heterocycles. The summed E-state index contributed by atoms with van der Waals surface area (Å²) in [6, 6.07) is 0.552. The minimum atomic E-state index is -1.15. The SMILES string of the molecule is CCC(O)C(C)C1OC1CC(C)(O)C=CC=C(C)C1OC(=O)CC(O)CCC(C)(OC)C(OC(=O)N2CCN(C3CCN(C)CC3)CC2)C=CC1C. The Bertz CT molecular complexity index is 1260.